The number of likely N-dealkylation sites (N-methyl/N-ethyl adjacent to an activating group) is 1. The van der Waals surface area contributed by atoms with Gasteiger partial charge in [-0.05, 0) is 62.7 Å². The molecule has 0 bridgehead atoms. The number of nitrogens with zero attached hydrogens (tertiary/aromatic N) is 1. The van der Waals surface area contributed by atoms with Gasteiger partial charge in [0.25, 0.3) is 0 Å². The Morgan fingerprint density at radius 3 is 2.33 bits per heavy atom. The Morgan fingerprint density at radius 1 is 1.11 bits per heavy atom. The van der Waals surface area contributed by atoms with Gasteiger partial charge in [0.15, 0.2) is 9.84 Å². The topological polar surface area (TPSA) is 66.8 Å². The van der Waals surface area contributed by atoms with Gasteiger partial charge in [-0.3, -0.25) is 4.90 Å². The second kappa shape index (κ2) is 8.87. The van der Waals surface area contributed by atoms with Crippen LogP contribution in [0, 0.1) is 13.8 Å². The van der Waals surface area contributed by atoms with Gasteiger partial charge in [-0.25, -0.2) is 8.42 Å². The third-order valence-electron chi connectivity index (χ3n) is 4.73. The van der Waals surface area contributed by atoms with E-state index in [1.165, 1.54) is 6.26 Å². The molecule has 2 aromatic rings. The lowest BCUT2D eigenvalue weighted by Crippen LogP contribution is -2.34. The minimum Gasteiger partial charge on any atom is -0.491 e. The first-order valence-corrected chi connectivity index (χ1v) is 10.9. The lowest BCUT2D eigenvalue weighted by atomic mass is 10.1. The van der Waals surface area contributed by atoms with E-state index >= 15 is 0 Å². The van der Waals surface area contributed by atoms with Gasteiger partial charge in [0, 0.05) is 18.8 Å². The van der Waals surface area contributed by atoms with Gasteiger partial charge in [0.2, 0.25) is 0 Å². The first-order valence-electron chi connectivity index (χ1n) is 8.96. The highest BCUT2D eigenvalue weighted by molar-refractivity contribution is 7.90. The maximum Gasteiger partial charge on any atom is 0.175 e. The van der Waals surface area contributed by atoms with E-state index in [9.17, 15) is 13.5 Å². The molecule has 0 aliphatic heterocycles. The van der Waals surface area contributed by atoms with Crippen LogP contribution in [0.3, 0.4) is 0 Å². The predicted octanol–water partition coefficient (Wildman–Crippen LogP) is 3.14. The fraction of sp³-hybridized carbons (Fsp3) is 0.429. The average molecular weight is 392 g/mol. The van der Waals surface area contributed by atoms with Crippen LogP contribution in [0.25, 0.3) is 0 Å². The van der Waals surface area contributed by atoms with Gasteiger partial charge in [0.1, 0.15) is 18.5 Å². The van der Waals surface area contributed by atoms with Gasteiger partial charge < -0.3 is 9.84 Å². The first kappa shape index (κ1) is 21.4. The number of hydrogen-bond donors (Lipinski definition) is 1. The van der Waals surface area contributed by atoms with Crippen LogP contribution in [0.1, 0.15) is 29.7 Å². The summed E-state index contributed by atoms with van der Waals surface area (Å²) in [7, 11) is -1.27. The van der Waals surface area contributed by atoms with E-state index in [1.54, 1.807) is 12.1 Å². The standard InChI is InChI=1S/C21H29NO4S/c1-15-6-7-16(2)21(12-15)26-14-19(23)13-22(4)17(3)18-8-10-20(11-9-18)27(5,24)25/h6-12,17,19,23H,13-14H2,1-5H3. The lowest BCUT2D eigenvalue weighted by Gasteiger charge is -2.27. The molecule has 2 aromatic carbocycles. The van der Waals surface area contributed by atoms with Crippen LogP contribution in [0.2, 0.25) is 0 Å². The number of aliphatic hydroxyl groups excluding tert-OH is 1. The largest absolute Gasteiger partial charge is 0.491 e. The summed E-state index contributed by atoms with van der Waals surface area (Å²) in [6.07, 6.45) is 0.566. The van der Waals surface area contributed by atoms with E-state index in [1.807, 2.05) is 63.1 Å². The highest BCUT2D eigenvalue weighted by atomic mass is 32.2. The highest BCUT2D eigenvalue weighted by Gasteiger charge is 2.17. The summed E-state index contributed by atoms with van der Waals surface area (Å²) in [5.41, 5.74) is 3.15. The summed E-state index contributed by atoms with van der Waals surface area (Å²) in [6.45, 7) is 6.67. The zero-order valence-corrected chi connectivity index (χ0v) is 17.5. The third-order valence-corrected chi connectivity index (χ3v) is 5.85. The van der Waals surface area contributed by atoms with Gasteiger partial charge >= 0.3 is 0 Å². The summed E-state index contributed by atoms with van der Waals surface area (Å²) in [5.74, 6) is 0.793. The van der Waals surface area contributed by atoms with Crippen molar-refractivity contribution in [1.82, 2.24) is 4.90 Å². The number of sulfone groups is 1. The molecule has 0 saturated heterocycles. The molecule has 0 amide bonds. The van der Waals surface area contributed by atoms with Crippen molar-refractivity contribution >= 4 is 9.84 Å². The number of aliphatic hydroxyl groups is 1. The van der Waals surface area contributed by atoms with Crippen LogP contribution in [0.4, 0.5) is 0 Å². The summed E-state index contributed by atoms with van der Waals surface area (Å²) < 4.78 is 28.9. The van der Waals surface area contributed by atoms with E-state index < -0.39 is 15.9 Å². The van der Waals surface area contributed by atoms with Gasteiger partial charge in [-0.2, -0.15) is 0 Å². The van der Waals surface area contributed by atoms with Gasteiger partial charge in [-0.1, -0.05) is 24.3 Å². The Hall–Kier alpha value is -1.89. The predicted molar refractivity (Wildman–Crippen MR) is 108 cm³/mol. The summed E-state index contributed by atoms with van der Waals surface area (Å²) in [4.78, 5) is 2.33. The van der Waals surface area contributed by atoms with E-state index in [4.69, 9.17) is 4.74 Å². The number of benzene rings is 2. The Balaban J connectivity index is 1.93. The Kier molecular flexibility index (Phi) is 7.03. The van der Waals surface area contributed by atoms with Crippen LogP contribution < -0.4 is 4.74 Å². The molecule has 0 fully saturated rings. The van der Waals surface area contributed by atoms with E-state index in [-0.39, 0.29) is 12.6 Å². The molecule has 0 radical (unpaired) electrons. The van der Waals surface area contributed by atoms with Crippen molar-refractivity contribution in [2.24, 2.45) is 0 Å². The quantitative estimate of drug-likeness (QED) is 0.749. The van der Waals surface area contributed by atoms with E-state index in [0.717, 1.165) is 22.4 Å². The molecule has 2 atom stereocenters. The molecule has 1 N–H and O–H groups in total. The van der Waals surface area contributed by atoms with Crippen LogP contribution in [0.15, 0.2) is 47.4 Å². The molecule has 0 spiro atoms. The second-order valence-electron chi connectivity index (χ2n) is 7.19. The Bertz CT molecular complexity index is 862. The maximum absolute atomic E-state index is 11.6. The van der Waals surface area contributed by atoms with Crippen molar-refractivity contribution in [3.63, 3.8) is 0 Å². The zero-order chi connectivity index (χ0) is 20.2. The molecular weight excluding hydrogens is 362 g/mol. The minimum absolute atomic E-state index is 0.0361. The maximum atomic E-state index is 11.6. The van der Waals surface area contributed by atoms with Crippen molar-refractivity contribution in [2.45, 2.75) is 37.8 Å². The number of hydrogen-bond acceptors (Lipinski definition) is 5. The first-order chi connectivity index (χ1) is 12.6. The molecule has 0 aliphatic rings. The minimum atomic E-state index is -3.20. The molecule has 0 heterocycles. The molecule has 0 aromatic heterocycles. The van der Waals surface area contributed by atoms with E-state index in [0.29, 0.717) is 11.4 Å². The van der Waals surface area contributed by atoms with Gasteiger partial charge in [0.05, 0.1) is 4.90 Å². The van der Waals surface area contributed by atoms with Crippen LogP contribution in [0.5, 0.6) is 5.75 Å². The summed E-state index contributed by atoms with van der Waals surface area (Å²) in [5, 5.41) is 10.3. The molecule has 5 nitrogen and oxygen atoms in total. The SMILES string of the molecule is Cc1ccc(C)c(OCC(O)CN(C)C(C)c2ccc(S(C)(=O)=O)cc2)c1. The Morgan fingerprint density at radius 2 is 1.74 bits per heavy atom. The molecule has 27 heavy (non-hydrogen) atoms. The third kappa shape index (κ3) is 6.06. The van der Waals surface area contributed by atoms with Crippen molar-refractivity contribution in [1.29, 1.82) is 0 Å². The smallest absolute Gasteiger partial charge is 0.175 e. The molecule has 2 unspecified atom stereocenters. The van der Waals surface area contributed by atoms with Crippen LogP contribution in [-0.2, 0) is 9.84 Å². The second-order valence-corrected chi connectivity index (χ2v) is 9.21. The molecular formula is C21H29NO4S. The molecule has 148 valence electrons. The van der Waals surface area contributed by atoms with Crippen molar-refractivity contribution in [3.05, 3.63) is 59.2 Å². The summed E-state index contributed by atoms with van der Waals surface area (Å²) in [6, 6.07) is 12.9. The lowest BCUT2D eigenvalue weighted by molar-refractivity contribution is 0.0651. The zero-order valence-electron chi connectivity index (χ0n) is 16.6. The van der Waals surface area contributed by atoms with Crippen molar-refractivity contribution in [2.75, 3.05) is 26.5 Å². The fourth-order valence-electron chi connectivity index (χ4n) is 2.84. The van der Waals surface area contributed by atoms with E-state index in [2.05, 4.69) is 0 Å². The van der Waals surface area contributed by atoms with Crippen LogP contribution >= 0.6 is 0 Å². The fourth-order valence-corrected chi connectivity index (χ4v) is 3.47. The Labute approximate surface area is 162 Å². The molecule has 2 rings (SSSR count). The molecule has 0 saturated carbocycles. The van der Waals surface area contributed by atoms with Crippen molar-refractivity contribution < 1.29 is 18.3 Å². The summed E-state index contributed by atoms with van der Waals surface area (Å²) >= 11 is 0. The van der Waals surface area contributed by atoms with Gasteiger partial charge in [-0.15, -0.1) is 0 Å². The highest BCUT2D eigenvalue weighted by Crippen LogP contribution is 2.22. The monoisotopic (exact) mass is 391 g/mol. The normalized spacial score (nSPS) is 14.2. The molecule has 0 aliphatic carbocycles. The number of ether oxygens (including phenoxy) is 1. The average Bonchev–Trinajstić information content (AvgIpc) is 2.61. The number of aryl methyl sites for hydroxylation is 2. The molecule has 6 heteroatoms. The van der Waals surface area contributed by atoms with Crippen LogP contribution in [-0.4, -0.2) is 51.0 Å². The number of rotatable bonds is 8. The van der Waals surface area contributed by atoms with Crippen molar-refractivity contribution in [3.8, 4) is 5.75 Å².